The number of hydrogen-bond donors (Lipinski definition) is 1. The first-order chi connectivity index (χ1) is 11.6. The highest BCUT2D eigenvalue weighted by molar-refractivity contribution is 5.14. The molecule has 0 amide bonds. The standard InChI is InChI=1S/C19H28N4O/c1-21-10-8-17(12-18(24)14-21)23(13-16-6-4-3-5-7-16)15-19-20-9-11-22(19)2/h3-7,9,11,17-18,24H,8,10,12-15H2,1-2H3/t17-,18-/m0/s1. The summed E-state index contributed by atoms with van der Waals surface area (Å²) < 4.78 is 2.08. The number of likely N-dealkylation sites (N-methyl/N-ethyl adjacent to an activating group) is 1. The number of hydrogen-bond acceptors (Lipinski definition) is 4. The number of aliphatic hydroxyl groups is 1. The van der Waals surface area contributed by atoms with Gasteiger partial charge in [-0.2, -0.15) is 0 Å². The van der Waals surface area contributed by atoms with Gasteiger partial charge in [-0.05, 0) is 32.0 Å². The van der Waals surface area contributed by atoms with Gasteiger partial charge in [0.2, 0.25) is 0 Å². The fourth-order valence-corrected chi connectivity index (χ4v) is 3.52. The van der Waals surface area contributed by atoms with E-state index in [0.717, 1.165) is 44.8 Å². The van der Waals surface area contributed by atoms with Gasteiger partial charge in [0.15, 0.2) is 0 Å². The Morgan fingerprint density at radius 1 is 1.21 bits per heavy atom. The number of nitrogens with zero attached hydrogens (tertiary/aromatic N) is 4. The van der Waals surface area contributed by atoms with Crippen molar-refractivity contribution in [2.45, 2.75) is 38.1 Å². The van der Waals surface area contributed by atoms with Crippen molar-refractivity contribution >= 4 is 0 Å². The molecule has 3 rings (SSSR count). The molecule has 5 heteroatoms. The van der Waals surface area contributed by atoms with Gasteiger partial charge in [-0.1, -0.05) is 30.3 Å². The van der Waals surface area contributed by atoms with E-state index in [4.69, 9.17) is 0 Å². The van der Waals surface area contributed by atoms with E-state index >= 15 is 0 Å². The number of aliphatic hydroxyl groups excluding tert-OH is 1. The quantitative estimate of drug-likeness (QED) is 0.910. The second-order valence-electron chi connectivity index (χ2n) is 6.94. The van der Waals surface area contributed by atoms with E-state index in [9.17, 15) is 5.11 Å². The molecule has 24 heavy (non-hydrogen) atoms. The third-order valence-electron chi connectivity index (χ3n) is 4.92. The lowest BCUT2D eigenvalue weighted by Crippen LogP contribution is -2.37. The van der Waals surface area contributed by atoms with E-state index in [1.807, 2.05) is 19.4 Å². The van der Waals surface area contributed by atoms with E-state index < -0.39 is 0 Å². The number of likely N-dealkylation sites (tertiary alicyclic amines) is 1. The average Bonchev–Trinajstić information content (AvgIpc) is 2.88. The first-order valence-electron chi connectivity index (χ1n) is 8.72. The maximum Gasteiger partial charge on any atom is 0.122 e. The molecule has 2 aromatic rings. The van der Waals surface area contributed by atoms with E-state index in [0.29, 0.717) is 6.04 Å². The minimum absolute atomic E-state index is 0.262. The number of rotatable bonds is 5. The van der Waals surface area contributed by atoms with Crippen LogP contribution < -0.4 is 0 Å². The molecule has 1 aliphatic heterocycles. The molecule has 5 nitrogen and oxygen atoms in total. The minimum atomic E-state index is -0.262. The maximum atomic E-state index is 10.3. The van der Waals surface area contributed by atoms with E-state index in [1.165, 1.54) is 5.56 Å². The largest absolute Gasteiger partial charge is 0.392 e. The molecule has 0 saturated carbocycles. The van der Waals surface area contributed by atoms with Crippen LogP contribution in [-0.2, 0) is 20.1 Å². The second-order valence-corrected chi connectivity index (χ2v) is 6.94. The molecule has 1 aliphatic rings. The Balaban J connectivity index is 1.79. The monoisotopic (exact) mass is 328 g/mol. The zero-order chi connectivity index (χ0) is 16.9. The van der Waals surface area contributed by atoms with Gasteiger partial charge in [-0.25, -0.2) is 4.98 Å². The lowest BCUT2D eigenvalue weighted by atomic mass is 10.0. The van der Waals surface area contributed by atoms with Gasteiger partial charge in [0.25, 0.3) is 0 Å². The second kappa shape index (κ2) is 7.92. The smallest absolute Gasteiger partial charge is 0.122 e. The molecule has 1 saturated heterocycles. The molecule has 0 spiro atoms. The minimum Gasteiger partial charge on any atom is -0.392 e. The van der Waals surface area contributed by atoms with Crippen molar-refractivity contribution in [2.75, 3.05) is 20.1 Å². The molecule has 1 fully saturated rings. The number of imidazole rings is 1. The lowest BCUT2D eigenvalue weighted by Gasteiger charge is -2.31. The van der Waals surface area contributed by atoms with Gasteiger partial charge in [-0.15, -0.1) is 0 Å². The van der Waals surface area contributed by atoms with Crippen molar-refractivity contribution in [3.8, 4) is 0 Å². The Morgan fingerprint density at radius 2 is 2.00 bits per heavy atom. The van der Waals surface area contributed by atoms with Crippen LogP contribution in [0.5, 0.6) is 0 Å². The van der Waals surface area contributed by atoms with E-state index in [1.54, 1.807) is 0 Å². The summed E-state index contributed by atoms with van der Waals surface area (Å²) in [7, 11) is 4.13. The van der Waals surface area contributed by atoms with E-state index in [2.05, 4.69) is 56.7 Å². The summed E-state index contributed by atoms with van der Waals surface area (Å²) in [5.74, 6) is 1.07. The van der Waals surface area contributed by atoms with E-state index in [-0.39, 0.29) is 6.10 Å². The van der Waals surface area contributed by atoms with Crippen LogP contribution in [0.2, 0.25) is 0 Å². The summed E-state index contributed by atoms with van der Waals surface area (Å²) in [6.07, 6.45) is 5.48. The molecular formula is C19H28N4O. The zero-order valence-electron chi connectivity index (χ0n) is 14.7. The number of benzene rings is 1. The van der Waals surface area contributed by atoms with Crippen molar-refractivity contribution in [2.24, 2.45) is 7.05 Å². The van der Waals surface area contributed by atoms with Crippen LogP contribution in [0.3, 0.4) is 0 Å². The predicted octanol–water partition coefficient (Wildman–Crippen LogP) is 1.88. The molecule has 130 valence electrons. The van der Waals surface area contributed by atoms with Crippen LogP contribution in [0.15, 0.2) is 42.7 Å². The fourth-order valence-electron chi connectivity index (χ4n) is 3.52. The van der Waals surface area contributed by atoms with Crippen LogP contribution in [0.25, 0.3) is 0 Å². The van der Waals surface area contributed by atoms with Crippen LogP contribution >= 0.6 is 0 Å². The molecule has 2 heterocycles. The summed E-state index contributed by atoms with van der Waals surface area (Å²) >= 11 is 0. The highest BCUT2D eigenvalue weighted by Crippen LogP contribution is 2.21. The zero-order valence-corrected chi connectivity index (χ0v) is 14.7. The molecule has 0 bridgehead atoms. The van der Waals surface area contributed by atoms with Crippen molar-refractivity contribution in [1.82, 2.24) is 19.4 Å². The Morgan fingerprint density at radius 3 is 2.71 bits per heavy atom. The predicted molar refractivity (Wildman–Crippen MR) is 95.4 cm³/mol. The molecule has 0 aliphatic carbocycles. The van der Waals surface area contributed by atoms with Crippen LogP contribution in [0, 0.1) is 0 Å². The number of aryl methyl sites for hydroxylation is 1. The highest BCUT2D eigenvalue weighted by Gasteiger charge is 2.27. The maximum absolute atomic E-state index is 10.3. The van der Waals surface area contributed by atoms with Gasteiger partial charge in [-0.3, -0.25) is 4.90 Å². The molecule has 1 aromatic carbocycles. The molecule has 2 atom stereocenters. The molecule has 0 unspecified atom stereocenters. The third-order valence-corrected chi connectivity index (χ3v) is 4.92. The van der Waals surface area contributed by atoms with Gasteiger partial charge in [0, 0.05) is 38.6 Å². The Labute approximate surface area is 144 Å². The molecule has 1 N–H and O–H groups in total. The Kier molecular flexibility index (Phi) is 5.66. The molecular weight excluding hydrogens is 300 g/mol. The summed E-state index contributed by atoms with van der Waals surface area (Å²) in [6.45, 7) is 3.47. The SMILES string of the molecule is CN1CC[C@H](N(Cc2ccccc2)Cc2nccn2C)C[C@H](O)C1. The topological polar surface area (TPSA) is 44.5 Å². The van der Waals surface area contributed by atoms with Crippen molar-refractivity contribution in [1.29, 1.82) is 0 Å². The van der Waals surface area contributed by atoms with Gasteiger partial charge >= 0.3 is 0 Å². The Hall–Kier alpha value is -1.69. The molecule has 1 aromatic heterocycles. The third kappa shape index (κ3) is 4.44. The number of aromatic nitrogens is 2. The summed E-state index contributed by atoms with van der Waals surface area (Å²) in [4.78, 5) is 9.20. The van der Waals surface area contributed by atoms with Gasteiger partial charge in [0.05, 0.1) is 12.6 Å². The van der Waals surface area contributed by atoms with Gasteiger partial charge < -0.3 is 14.6 Å². The van der Waals surface area contributed by atoms with Crippen molar-refractivity contribution < 1.29 is 5.11 Å². The Bertz CT molecular complexity index is 627. The van der Waals surface area contributed by atoms with Gasteiger partial charge in [0.1, 0.15) is 5.82 Å². The first-order valence-corrected chi connectivity index (χ1v) is 8.72. The fraction of sp³-hybridized carbons (Fsp3) is 0.526. The van der Waals surface area contributed by atoms with Crippen molar-refractivity contribution in [3.05, 3.63) is 54.1 Å². The molecule has 0 radical (unpaired) electrons. The summed E-state index contributed by atoms with van der Waals surface area (Å²) in [5, 5.41) is 10.3. The summed E-state index contributed by atoms with van der Waals surface area (Å²) in [5.41, 5.74) is 1.30. The highest BCUT2D eigenvalue weighted by atomic mass is 16.3. The number of β-amino-alcohol motifs (C(OH)–C–C–N with tert-alkyl or cyclic N) is 1. The van der Waals surface area contributed by atoms with Crippen LogP contribution in [0.4, 0.5) is 0 Å². The van der Waals surface area contributed by atoms with Crippen LogP contribution in [0.1, 0.15) is 24.2 Å². The first kappa shape index (κ1) is 17.1. The van der Waals surface area contributed by atoms with Crippen LogP contribution in [-0.4, -0.2) is 56.7 Å². The average molecular weight is 328 g/mol. The van der Waals surface area contributed by atoms with Crippen molar-refractivity contribution in [3.63, 3.8) is 0 Å². The summed E-state index contributed by atoms with van der Waals surface area (Å²) in [6, 6.07) is 10.9. The normalized spacial score (nSPS) is 22.7. The lowest BCUT2D eigenvalue weighted by molar-refractivity contribution is 0.0926.